The van der Waals surface area contributed by atoms with Crippen LogP contribution in [0, 0.1) is 5.41 Å². The molecule has 0 rings (SSSR count). The normalized spacial score (nSPS) is 13.0. The fourth-order valence-corrected chi connectivity index (χ4v) is 1.85. The molecule has 0 aliphatic carbocycles. The van der Waals surface area contributed by atoms with Crippen molar-refractivity contribution in [3.63, 3.8) is 0 Å². The lowest BCUT2D eigenvalue weighted by atomic mass is 9.89. The lowest BCUT2D eigenvalue weighted by molar-refractivity contribution is -0.135. The molecule has 0 saturated carbocycles. The summed E-state index contributed by atoms with van der Waals surface area (Å²) in [5, 5.41) is 3.79. The number of nitrogens with two attached hydrogens (primary N) is 1. The van der Waals surface area contributed by atoms with Crippen LogP contribution in [0.3, 0.4) is 0 Å². The van der Waals surface area contributed by atoms with E-state index in [4.69, 9.17) is 5.90 Å². The Morgan fingerprint density at radius 2 is 1.78 bits per heavy atom. The Balaban J connectivity index is 4.47. The van der Waals surface area contributed by atoms with Crippen LogP contribution >= 0.6 is 0 Å². The van der Waals surface area contributed by atoms with Gasteiger partial charge in [0.15, 0.2) is 0 Å². The number of hydrogen-bond acceptors (Lipinski definition) is 7. The van der Waals surface area contributed by atoms with Crippen LogP contribution in [-0.4, -0.2) is 49.4 Å². The summed E-state index contributed by atoms with van der Waals surface area (Å²) in [6.45, 7) is 5.84. The maximum atomic E-state index is 12.1. The van der Waals surface area contributed by atoms with E-state index < -0.39 is 24.5 Å². The molecule has 0 aliphatic heterocycles. The van der Waals surface area contributed by atoms with E-state index in [-0.39, 0.29) is 17.6 Å². The van der Waals surface area contributed by atoms with Crippen molar-refractivity contribution in [1.82, 2.24) is 15.8 Å². The van der Waals surface area contributed by atoms with Crippen LogP contribution in [0.2, 0.25) is 0 Å². The van der Waals surface area contributed by atoms with Gasteiger partial charge in [-0.2, -0.15) is 0 Å². The Morgan fingerprint density at radius 3 is 2.26 bits per heavy atom. The summed E-state index contributed by atoms with van der Waals surface area (Å²) in [5.41, 5.74) is 3.00. The second-order valence-corrected chi connectivity index (χ2v) is 6.94. The molecule has 0 radical (unpaired) electrons. The Hall–Kier alpha value is -1.35. The van der Waals surface area contributed by atoms with Crippen LogP contribution in [-0.2, 0) is 19.2 Å². The van der Waals surface area contributed by atoms with E-state index in [1.54, 1.807) is 19.1 Å². The summed E-state index contributed by atoms with van der Waals surface area (Å²) in [5.74, 6) is 3.76. The van der Waals surface area contributed by atoms with Gasteiger partial charge in [0.2, 0.25) is 5.91 Å². The van der Waals surface area contributed by atoms with E-state index in [2.05, 4.69) is 36.4 Å². The molecule has 0 saturated heterocycles. The predicted octanol–water partition coefficient (Wildman–Crippen LogP) is 0.130. The van der Waals surface area contributed by atoms with E-state index in [0.717, 1.165) is 6.42 Å². The smallest absolute Gasteiger partial charge is 0.254 e. The molecule has 0 spiro atoms. The highest BCUT2D eigenvalue weighted by molar-refractivity contribution is 5.98. The first kappa shape index (κ1) is 21.6. The molecule has 2 amide bonds. The summed E-state index contributed by atoms with van der Waals surface area (Å²) in [6.07, 6.45) is 1.87. The first-order valence-electron chi connectivity index (χ1n) is 7.65. The number of hydrazine groups is 1. The van der Waals surface area contributed by atoms with Crippen molar-refractivity contribution in [1.29, 1.82) is 0 Å². The first-order chi connectivity index (χ1) is 10.5. The number of hydrogen-bond donors (Lipinski definition) is 3. The van der Waals surface area contributed by atoms with E-state index in [1.165, 1.54) is 0 Å². The third-order valence-electron chi connectivity index (χ3n) is 3.07. The monoisotopic (exact) mass is 330 g/mol. The topological polar surface area (TPSA) is 114 Å². The van der Waals surface area contributed by atoms with E-state index >= 15 is 0 Å². The van der Waals surface area contributed by atoms with E-state index in [1.807, 2.05) is 0 Å². The highest BCUT2D eigenvalue weighted by Crippen LogP contribution is 2.21. The predicted molar refractivity (Wildman–Crippen MR) is 86.8 cm³/mol. The zero-order chi connectivity index (χ0) is 18.0. The van der Waals surface area contributed by atoms with Crippen LogP contribution in [0.15, 0.2) is 0 Å². The zero-order valence-electron chi connectivity index (χ0n) is 14.8. The summed E-state index contributed by atoms with van der Waals surface area (Å²) in [6, 6.07) is -0.676. The van der Waals surface area contributed by atoms with E-state index in [0.29, 0.717) is 12.8 Å². The van der Waals surface area contributed by atoms with Crippen LogP contribution in [0.4, 0.5) is 0 Å². The number of nitrogens with zero attached hydrogens (tertiary/aromatic N) is 1. The molecule has 0 heterocycles. The van der Waals surface area contributed by atoms with Crippen molar-refractivity contribution in [2.24, 2.45) is 11.3 Å². The second kappa shape index (κ2) is 10.4. The molecule has 134 valence electrons. The standard InChI is InChI=1S/C15H30N4O4/c1-15(2,3)9-8-11(20)6-7-12(18-19(4)5)14(22)17-13(21)10-23-16/h12,18H,6-10,16H2,1-5H3,(H,17,21,22). The maximum Gasteiger partial charge on any atom is 0.254 e. The molecule has 0 aromatic rings. The largest absolute Gasteiger partial charge is 0.300 e. The van der Waals surface area contributed by atoms with Crippen molar-refractivity contribution < 1.29 is 19.2 Å². The fourth-order valence-electron chi connectivity index (χ4n) is 1.85. The minimum Gasteiger partial charge on any atom is -0.300 e. The Labute approximate surface area is 138 Å². The van der Waals surface area contributed by atoms with Gasteiger partial charge in [0.05, 0.1) is 0 Å². The summed E-state index contributed by atoms with van der Waals surface area (Å²) in [4.78, 5) is 39.5. The minimum atomic E-state index is -0.676. The van der Waals surface area contributed by atoms with Crippen LogP contribution < -0.4 is 16.6 Å². The first-order valence-corrected chi connectivity index (χ1v) is 7.65. The molecule has 0 aromatic carbocycles. The minimum absolute atomic E-state index is 0.100. The molecule has 1 unspecified atom stereocenters. The number of rotatable bonds is 10. The van der Waals surface area contributed by atoms with Gasteiger partial charge >= 0.3 is 0 Å². The lowest BCUT2D eigenvalue weighted by Gasteiger charge is -2.22. The fraction of sp³-hybridized carbons (Fsp3) is 0.800. The van der Waals surface area contributed by atoms with Gasteiger partial charge in [-0.3, -0.25) is 24.5 Å². The Bertz CT molecular complexity index is 405. The van der Waals surface area contributed by atoms with Crippen molar-refractivity contribution in [3.05, 3.63) is 0 Å². The van der Waals surface area contributed by atoms with Crippen molar-refractivity contribution in [2.75, 3.05) is 20.7 Å². The quantitative estimate of drug-likeness (QED) is 0.488. The second-order valence-electron chi connectivity index (χ2n) is 6.94. The number of imide groups is 1. The molecule has 0 fully saturated rings. The summed E-state index contributed by atoms with van der Waals surface area (Å²) >= 11 is 0. The zero-order valence-corrected chi connectivity index (χ0v) is 14.8. The third-order valence-corrected chi connectivity index (χ3v) is 3.07. The molecule has 1 atom stereocenters. The lowest BCUT2D eigenvalue weighted by Crippen LogP contribution is -2.51. The summed E-state index contributed by atoms with van der Waals surface area (Å²) in [7, 11) is 3.46. The molecular weight excluding hydrogens is 300 g/mol. The number of nitrogens with one attached hydrogen (secondary N) is 2. The average molecular weight is 330 g/mol. The number of Topliss-reactive ketones (excluding diaryl/α,β-unsaturated/α-hetero) is 1. The van der Waals surface area contributed by atoms with Crippen LogP contribution in [0.1, 0.15) is 46.5 Å². The summed E-state index contributed by atoms with van der Waals surface area (Å²) < 4.78 is 0. The van der Waals surface area contributed by atoms with Crippen molar-refractivity contribution >= 4 is 17.6 Å². The number of carbonyl (C=O) groups excluding carboxylic acids is 3. The average Bonchev–Trinajstić information content (AvgIpc) is 2.40. The third kappa shape index (κ3) is 11.8. The van der Waals surface area contributed by atoms with Crippen molar-refractivity contribution in [2.45, 2.75) is 52.5 Å². The number of ketones is 1. The Kier molecular flexibility index (Phi) is 9.82. The van der Waals surface area contributed by atoms with Crippen molar-refractivity contribution in [3.8, 4) is 0 Å². The molecule has 4 N–H and O–H groups in total. The van der Waals surface area contributed by atoms with Gasteiger partial charge < -0.3 is 0 Å². The molecule has 0 aliphatic rings. The number of carbonyl (C=O) groups is 3. The van der Waals surface area contributed by atoms with Gasteiger partial charge in [-0.15, -0.1) is 0 Å². The molecule has 23 heavy (non-hydrogen) atoms. The van der Waals surface area contributed by atoms with Gasteiger partial charge in [0.1, 0.15) is 18.4 Å². The van der Waals surface area contributed by atoms with Crippen LogP contribution in [0.5, 0.6) is 0 Å². The molecular formula is C15H30N4O4. The van der Waals surface area contributed by atoms with Crippen LogP contribution in [0.25, 0.3) is 0 Å². The number of amides is 2. The highest BCUT2D eigenvalue weighted by Gasteiger charge is 2.22. The molecule has 8 nitrogen and oxygen atoms in total. The maximum absolute atomic E-state index is 12.1. The SMILES string of the molecule is CN(C)NC(CCC(=O)CCC(C)(C)C)C(=O)NC(=O)CON. The van der Waals surface area contributed by atoms with Gasteiger partial charge in [-0.05, 0) is 18.3 Å². The van der Waals surface area contributed by atoms with Gasteiger partial charge in [-0.1, -0.05) is 20.8 Å². The van der Waals surface area contributed by atoms with Gasteiger partial charge in [-0.25, -0.2) is 16.3 Å². The van der Waals surface area contributed by atoms with Gasteiger partial charge in [0.25, 0.3) is 5.91 Å². The molecule has 0 bridgehead atoms. The molecule has 0 aromatic heterocycles. The molecule has 8 heteroatoms. The van der Waals surface area contributed by atoms with Gasteiger partial charge in [0, 0.05) is 26.9 Å². The highest BCUT2D eigenvalue weighted by atomic mass is 16.6. The Morgan fingerprint density at radius 1 is 1.17 bits per heavy atom. The van der Waals surface area contributed by atoms with E-state index in [9.17, 15) is 14.4 Å².